The fourth-order valence-electron chi connectivity index (χ4n) is 7.16. The second kappa shape index (κ2) is 16.0. The molecule has 2 aromatic rings. The minimum Gasteiger partial charge on any atom is -0.493 e. The zero-order valence-corrected chi connectivity index (χ0v) is 28.9. The number of methoxy groups -OCH3 is 4. The van der Waals surface area contributed by atoms with Gasteiger partial charge >= 0.3 is 0 Å². The number of fused-ring (bicyclic) bond motifs is 1. The Bertz CT molecular complexity index is 1360. The quantitative estimate of drug-likeness (QED) is 0.119. The number of ether oxygens (including phenoxy) is 10. The molecule has 0 aromatic heterocycles. The third-order valence-corrected chi connectivity index (χ3v) is 10.1. The number of benzene rings is 2. The largest absolute Gasteiger partial charge is 0.493 e. The standard InChI is InChI=1S/C34H46O18/c1-43-17-5-13(6-18(44-2)31(17)51-33-27(41)25(39)23(37)21(9-35)49-33)29-15-11-48-30(16(15)12-47-29)14-7-19(45-3)32(20(8-14)46-4)52-34-28(42)26(40)24(38)22(10-36)50-34/h5-8,15-16,21-30,33-42H,9-12H2,1-4H3/t15-,16-,21+,22+,23+,24+,25-,26-,27+,28+,29-,30+,33-,34-/m1/s1. The van der Waals surface area contributed by atoms with Crippen LogP contribution in [-0.2, 0) is 18.9 Å². The van der Waals surface area contributed by atoms with E-state index in [1.165, 1.54) is 28.4 Å². The number of hydrogen-bond acceptors (Lipinski definition) is 18. The van der Waals surface area contributed by atoms with Crippen molar-refractivity contribution < 1.29 is 88.2 Å². The van der Waals surface area contributed by atoms with Crippen LogP contribution in [0, 0.1) is 11.8 Å². The molecular weight excluding hydrogens is 696 g/mol. The normalized spacial score (nSPS) is 37.3. The Kier molecular flexibility index (Phi) is 11.8. The predicted octanol–water partition coefficient (Wildman–Crippen LogP) is -1.85. The van der Waals surface area contributed by atoms with E-state index in [1.54, 1.807) is 24.3 Å². The molecule has 4 saturated heterocycles. The first kappa shape index (κ1) is 38.5. The Hall–Kier alpha value is -3.24. The minimum atomic E-state index is -1.65. The highest BCUT2D eigenvalue weighted by molar-refractivity contribution is 5.56. The lowest BCUT2D eigenvalue weighted by Gasteiger charge is -2.39. The van der Waals surface area contributed by atoms with Crippen molar-refractivity contribution in [1.82, 2.24) is 0 Å². The summed E-state index contributed by atoms with van der Waals surface area (Å²) in [7, 11) is 5.66. The monoisotopic (exact) mass is 742 g/mol. The van der Waals surface area contributed by atoms with Crippen molar-refractivity contribution in [2.24, 2.45) is 11.8 Å². The molecule has 0 unspecified atom stereocenters. The van der Waals surface area contributed by atoms with E-state index in [0.29, 0.717) is 24.3 Å². The summed E-state index contributed by atoms with van der Waals surface area (Å²) in [5.41, 5.74) is 1.37. The third-order valence-electron chi connectivity index (χ3n) is 10.1. The topological polar surface area (TPSA) is 254 Å². The van der Waals surface area contributed by atoms with Crippen molar-refractivity contribution in [1.29, 1.82) is 0 Å². The average Bonchev–Trinajstić information content (AvgIpc) is 3.78. The van der Waals surface area contributed by atoms with Crippen LogP contribution in [0.3, 0.4) is 0 Å². The Morgan fingerprint density at radius 3 is 1.13 bits per heavy atom. The Morgan fingerprint density at radius 1 is 0.519 bits per heavy atom. The van der Waals surface area contributed by atoms with Gasteiger partial charge < -0.3 is 88.2 Å². The van der Waals surface area contributed by atoms with Crippen LogP contribution in [0.5, 0.6) is 34.5 Å². The zero-order valence-electron chi connectivity index (χ0n) is 28.9. The summed E-state index contributed by atoms with van der Waals surface area (Å²) in [6.07, 6.45) is -15.9. The zero-order chi connectivity index (χ0) is 37.4. The van der Waals surface area contributed by atoms with E-state index >= 15 is 0 Å². The molecule has 0 spiro atoms. The Morgan fingerprint density at radius 2 is 0.846 bits per heavy atom. The van der Waals surface area contributed by atoms with Crippen LogP contribution < -0.4 is 28.4 Å². The van der Waals surface area contributed by atoms with Crippen LogP contribution in [0.15, 0.2) is 24.3 Å². The lowest BCUT2D eigenvalue weighted by Crippen LogP contribution is -2.60. The highest BCUT2D eigenvalue weighted by atomic mass is 16.7. The molecule has 0 saturated carbocycles. The fourth-order valence-corrected chi connectivity index (χ4v) is 7.16. The molecule has 6 rings (SSSR count). The third kappa shape index (κ3) is 6.94. The molecule has 4 fully saturated rings. The number of aliphatic hydroxyl groups is 8. The molecule has 0 bridgehead atoms. The Balaban J connectivity index is 1.22. The Labute approximate surface area is 298 Å². The lowest BCUT2D eigenvalue weighted by atomic mass is 9.84. The van der Waals surface area contributed by atoms with Gasteiger partial charge in [-0.15, -0.1) is 0 Å². The molecule has 18 heteroatoms. The van der Waals surface area contributed by atoms with Crippen molar-refractivity contribution in [2.75, 3.05) is 54.9 Å². The molecule has 14 atom stereocenters. The molecule has 4 aliphatic rings. The van der Waals surface area contributed by atoms with E-state index in [1.807, 2.05) is 0 Å². The summed E-state index contributed by atoms with van der Waals surface area (Å²) in [4.78, 5) is 0. The maximum atomic E-state index is 10.5. The molecule has 2 aromatic carbocycles. The second-order valence-electron chi connectivity index (χ2n) is 13.0. The first-order valence-corrected chi connectivity index (χ1v) is 16.7. The molecule has 4 heterocycles. The van der Waals surface area contributed by atoms with Gasteiger partial charge in [0.2, 0.25) is 24.1 Å². The maximum absolute atomic E-state index is 10.5. The van der Waals surface area contributed by atoms with Crippen LogP contribution in [0.4, 0.5) is 0 Å². The van der Waals surface area contributed by atoms with Crippen molar-refractivity contribution in [3.63, 3.8) is 0 Å². The summed E-state index contributed by atoms with van der Waals surface area (Å²) in [6.45, 7) is -0.604. The van der Waals surface area contributed by atoms with Crippen molar-refractivity contribution in [3.8, 4) is 34.5 Å². The summed E-state index contributed by atoms with van der Waals surface area (Å²) in [6, 6.07) is 6.78. The van der Waals surface area contributed by atoms with Crippen molar-refractivity contribution >= 4 is 0 Å². The SMILES string of the molecule is COc1cc([C@H]2OC[C@@H]3[C@H]2CO[C@H]3c2cc(OC)c(O[C@H]3O[C@@H](CO)[C@H](O)[C@@H](O)[C@@H]3O)c(OC)c2)cc(OC)c1O[C@H]1O[C@@H](CO)[C@H](O)[C@@H](O)[C@@H]1O. The lowest BCUT2D eigenvalue weighted by molar-refractivity contribution is -0.277. The van der Waals surface area contributed by atoms with Crippen LogP contribution in [-0.4, -0.2) is 157 Å². The highest BCUT2D eigenvalue weighted by Crippen LogP contribution is 2.54. The average molecular weight is 743 g/mol. The van der Waals surface area contributed by atoms with Gasteiger partial charge in [-0.1, -0.05) is 0 Å². The molecular formula is C34H46O18. The van der Waals surface area contributed by atoms with Gasteiger partial charge in [-0.25, -0.2) is 0 Å². The summed E-state index contributed by atoms with van der Waals surface area (Å²) >= 11 is 0. The van der Waals surface area contributed by atoms with Gasteiger partial charge in [0.05, 0.1) is 67.1 Å². The first-order valence-electron chi connectivity index (χ1n) is 16.7. The van der Waals surface area contributed by atoms with Crippen LogP contribution in [0.2, 0.25) is 0 Å². The van der Waals surface area contributed by atoms with Gasteiger partial charge in [0.25, 0.3) is 0 Å². The molecule has 0 radical (unpaired) electrons. The molecule has 4 aliphatic heterocycles. The second-order valence-corrected chi connectivity index (χ2v) is 13.0. The summed E-state index contributed by atoms with van der Waals surface area (Å²) < 4.78 is 58.0. The van der Waals surface area contributed by atoms with Crippen LogP contribution in [0.1, 0.15) is 23.3 Å². The van der Waals surface area contributed by atoms with Crippen LogP contribution >= 0.6 is 0 Å². The van der Waals surface area contributed by atoms with E-state index in [2.05, 4.69) is 0 Å². The number of aliphatic hydroxyl groups excluding tert-OH is 8. The van der Waals surface area contributed by atoms with Gasteiger partial charge in [0.1, 0.15) is 48.8 Å². The van der Waals surface area contributed by atoms with Gasteiger partial charge in [-0.3, -0.25) is 0 Å². The number of rotatable bonds is 12. The molecule has 18 nitrogen and oxygen atoms in total. The molecule has 0 amide bonds. The molecule has 8 N–H and O–H groups in total. The van der Waals surface area contributed by atoms with Gasteiger partial charge in [-0.2, -0.15) is 0 Å². The van der Waals surface area contributed by atoms with E-state index in [0.717, 1.165) is 0 Å². The van der Waals surface area contributed by atoms with E-state index in [4.69, 9.17) is 47.4 Å². The van der Waals surface area contributed by atoms with Crippen molar-refractivity contribution in [2.45, 2.75) is 73.6 Å². The maximum Gasteiger partial charge on any atom is 0.229 e. The van der Waals surface area contributed by atoms with Gasteiger partial charge in [-0.05, 0) is 35.4 Å². The smallest absolute Gasteiger partial charge is 0.229 e. The fraction of sp³-hybridized carbons (Fsp3) is 0.647. The molecule has 290 valence electrons. The first-order chi connectivity index (χ1) is 25.0. The minimum absolute atomic E-state index is 0.0541. The highest BCUT2D eigenvalue weighted by Gasteiger charge is 2.50. The molecule has 0 aliphatic carbocycles. The van der Waals surface area contributed by atoms with Gasteiger partial charge in [0, 0.05) is 11.8 Å². The summed E-state index contributed by atoms with van der Waals surface area (Å²) in [5.74, 6) is 0.683. The summed E-state index contributed by atoms with van der Waals surface area (Å²) in [5, 5.41) is 81.0. The van der Waals surface area contributed by atoms with Crippen molar-refractivity contribution in [3.05, 3.63) is 35.4 Å². The van der Waals surface area contributed by atoms with E-state index < -0.39 is 86.8 Å². The van der Waals surface area contributed by atoms with E-state index in [9.17, 15) is 40.9 Å². The van der Waals surface area contributed by atoms with Crippen LogP contribution in [0.25, 0.3) is 0 Å². The van der Waals surface area contributed by atoms with E-state index in [-0.39, 0.29) is 46.3 Å². The predicted molar refractivity (Wildman–Crippen MR) is 172 cm³/mol. The number of hydrogen-bond donors (Lipinski definition) is 8. The molecule has 52 heavy (non-hydrogen) atoms. The van der Waals surface area contributed by atoms with Gasteiger partial charge in [0.15, 0.2) is 23.0 Å².